The van der Waals surface area contributed by atoms with Crippen LogP contribution in [0.15, 0.2) is 95.9 Å². The molecule has 0 bridgehead atoms. The number of thioether (sulfide) groups is 1. The monoisotopic (exact) mass is 430 g/mol. The molecule has 4 aromatic carbocycles. The minimum atomic E-state index is -0.565. The lowest BCUT2D eigenvalue weighted by Crippen LogP contribution is -2.14. The van der Waals surface area contributed by atoms with Crippen LogP contribution in [-0.4, -0.2) is 17.6 Å². The molecule has 0 saturated carbocycles. The predicted molar refractivity (Wildman–Crippen MR) is 124 cm³/mol. The molecular formula is C25H19FN2O2S. The molecule has 2 N–H and O–H groups in total. The molecule has 0 radical (unpaired) electrons. The molecule has 2 amide bonds. The number of carbonyl (C=O) groups is 2. The summed E-state index contributed by atoms with van der Waals surface area (Å²) in [5, 5.41) is 7.78. The van der Waals surface area contributed by atoms with Crippen LogP contribution in [0.4, 0.5) is 15.8 Å². The van der Waals surface area contributed by atoms with Crippen LogP contribution in [0.5, 0.6) is 0 Å². The van der Waals surface area contributed by atoms with Crippen molar-refractivity contribution in [2.45, 2.75) is 4.90 Å². The fourth-order valence-electron chi connectivity index (χ4n) is 3.09. The van der Waals surface area contributed by atoms with Crippen molar-refractivity contribution in [3.8, 4) is 0 Å². The van der Waals surface area contributed by atoms with Gasteiger partial charge in [-0.05, 0) is 59.3 Å². The minimum absolute atomic E-state index is 0.00804. The summed E-state index contributed by atoms with van der Waals surface area (Å²) < 4.78 is 13.7. The Morgan fingerprint density at radius 2 is 1.42 bits per heavy atom. The fraction of sp³-hybridized carbons (Fsp3) is 0.0400. The van der Waals surface area contributed by atoms with Crippen LogP contribution in [0.25, 0.3) is 10.8 Å². The first-order valence-corrected chi connectivity index (χ1v) is 10.6. The van der Waals surface area contributed by atoms with Gasteiger partial charge >= 0.3 is 0 Å². The summed E-state index contributed by atoms with van der Waals surface area (Å²) >= 11 is 1.39. The summed E-state index contributed by atoms with van der Waals surface area (Å²) in [6.07, 6.45) is 0. The number of nitrogens with one attached hydrogen (secondary N) is 2. The molecule has 0 heterocycles. The summed E-state index contributed by atoms with van der Waals surface area (Å²) in [5.41, 5.74) is 1.31. The van der Waals surface area contributed by atoms with Crippen LogP contribution in [0.2, 0.25) is 0 Å². The molecule has 31 heavy (non-hydrogen) atoms. The van der Waals surface area contributed by atoms with E-state index >= 15 is 0 Å². The second-order valence-corrected chi connectivity index (χ2v) is 7.91. The van der Waals surface area contributed by atoms with Crippen molar-refractivity contribution in [1.29, 1.82) is 0 Å². The van der Waals surface area contributed by atoms with E-state index in [4.69, 9.17) is 0 Å². The van der Waals surface area contributed by atoms with Gasteiger partial charge in [-0.3, -0.25) is 9.59 Å². The zero-order valence-corrected chi connectivity index (χ0v) is 17.3. The molecule has 4 nitrogen and oxygen atoms in total. The number of fused-ring (bicyclic) bond motifs is 1. The second-order valence-electron chi connectivity index (χ2n) is 6.86. The molecule has 0 unspecified atom stereocenters. The number of anilines is 2. The average molecular weight is 431 g/mol. The van der Waals surface area contributed by atoms with Crippen molar-refractivity contribution in [3.05, 3.63) is 102 Å². The molecular weight excluding hydrogens is 411 g/mol. The van der Waals surface area contributed by atoms with Gasteiger partial charge < -0.3 is 10.6 Å². The van der Waals surface area contributed by atoms with E-state index in [-0.39, 0.29) is 17.2 Å². The SMILES string of the molecule is O=C(CSc1ccc(NC(=O)c2ccccc2F)cc1)Nc1ccc2ccccc2c1. The summed E-state index contributed by atoms with van der Waals surface area (Å²) in [5.74, 6) is -0.914. The maximum Gasteiger partial charge on any atom is 0.258 e. The highest BCUT2D eigenvalue weighted by atomic mass is 32.2. The smallest absolute Gasteiger partial charge is 0.258 e. The quantitative estimate of drug-likeness (QED) is 0.371. The van der Waals surface area contributed by atoms with Gasteiger partial charge in [-0.2, -0.15) is 0 Å². The molecule has 154 valence electrons. The van der Waals surface area contributed by atoms with Crippen molar-refractivity contribution in [2.75, 3.05) is 16.4 Å². The third kappa shape index (κ3) is 5.29. The van der Waals surface area contributed by atoms with E-state index < -0.39 is 11.7 Å². The molecule has 0 fully saturated rings. The van der Waals surface area contributed by atoms with Gasteiger partial charge in [0.25, 0.3) is 5.91 Å². The lowest BCUT2D eigenvalue weighted by atomic mass is 10.1. The topological polar surface area (TPSA) is 58.2 Å². The summed E-state index contributed by atoms with van der Waals surface area (Å²) in [4.78, 5) is 25.4. The number of hydrogen-bond acceptors (Lipinski definition) is 3. The highest BCUT2D eigenvalue weighted by Crippen LogP contribution is 2.22. The zero-order valence-electron chi connectivity index (χ0n) is 16.5. The molecule has 0 spiro atoms. The van der Waals surface area contributed by atoms with Crippen LogP contribution in [0.1, 0.15) is 10.4 Å². The summed E-state index contributed by atoms with van der Waals surface area (Å²) in [6.45, 7) is 0. The molecule has 0 aliphatic rings. The van der Waals surface area contributed by atoms with Crippen molar-refractivity contribution >= 4 is 45.7 Å². The normalized spacial score (nSPS) is 10.6. The van der Waals surface area contributed by atoms with Crippen molar-refractivity contribution in [2.24, 2.45) is 0 Å². The lowest BCUT2D eigenvalue weighted by molar-refractivity contribution is -0.113. The predicted octanol–water partition coefficient (Wildman–Crippen LogP) is 5.96. The van der Waals surface area contributed by atoms with E-state index in [1.165, 1.54) is 30.0 Å². The van der Waals surface area contributed by atoms with E-state index in [1.807, 2.05) is 54.6 Å². The number of hydrogen-bond donors (Lipinski definition) is 2. The van der Waals surface area contributed by atoms with Crippen molar-refractivity contribution in [3.63, 3.8) is 0 Å². The van der Waals surface area contributed by atoms with Crippen molar-refractivity contribution < 1.29 is 14.0 Å². The number of halogens is 1. The van der Waals surface area contributed by atoms with Crippen LogP contribution in [-0.2, 0) is 4.79 Å². The number of rotatable bonds is 6. The second kappa shape index (κ2) is 9.45. The van der Waals surface area contributed by atoms with E-state index in [0.717, 1.165) is 21.4 Å². The maximum atomic E-state index is 13.7. The van der Waals surface area contributed by atoms with E-state index in [2.05, 4.69) is 10.6 Å². The van der Waals surface area contributed by atoms with Gasteiger partial charge in [-0.15, -0.1) is 11.8 Å². The third-order valence-electron chi connectivity index (χ3n) is 4.63. The average Bonchev–Trinajstić information content (AvgIpc) is 2.79. The third-order valence-corrected chi connectivity index (χ3v) is 5.65. The molecule has 4 rings (SSSR count). The van der Waals surface area contributed by atoms with Crippen LogP contribution < -0.4 is 10.6 Å². The Morgan fingerprint density at radius 1 is 0.742 bits per heavy atom. The van der Waals surface area contributed by atoms with Gasteiger partial charge in [0.05, 0.1) is 11.3 Å². The van der Waals surface area contributed by atoms with E-state index in [9.17, 15) is 14.0 Å². The number of carbonyl (C=O) groups excluding carboxylic acids is 2. The molecule has 0 aromatic heterocycles. The first-order chi connectivity index (χ1) is 15.1. The van der Waals surface area contributed by atoms with Crippen LogP contribution in [0, 0.1) is 5.82 Å². The standard InChI is InChI=1S/C25H19FN2O2S/c26-23-8-4-3-7-22(23)25(30)28-19-11-13-21(14-12-19)31-16-24(29)27-20-10-9-17-5-1-2-6-18(17)15-20/h1-15H,16H2,(H,27,29)(H,28,30). The molecule has 0 aliphatic heterocycles. The Hall–Kier alpha value is -3.64. The van der Waals surface area contributed by atoms with Gasteiger partial charge in [-0.1, -0.05) is 42.5 Å². The molecule has 0 aliphatic carbocycles. The first kappa shape index (κ1) is 20.6. The van der Waals surface area contributed by atoms with Crippen LogP contribution >= 0.6 is 11.8 Å². The molecule has 4 aromatic rings. The Bertz CT molecular complexity index is 1240. The Labute approximate surface area is 183 Å². The van der Waals surface area contributed by atoms with Gasteiger partial charge in [0.15, 0.2) is 0 Å². The fourth-order valence-corrected chi connectivity index (χ4v) is 3.79. The van der Waals surface area contributed by atoms with Gasteiger partial charge in [0.2, 0.25) is 5.91 Å². The molecule has 0 atom stereocenters. The lowest BCUT2D eigenvalue weighted by Gasteiger charge is -2.08. The van der Waals surface area contributed by atoms with Gasteiger partial charge in [0.1, 0.15) is 5.82 Å². The Balaban J connectivity index is 1.31. The number of benzene rings is 4. The zero-order chi connectivity index (χ0) is 21.6. The maximum absolute atomic E-state index is 13.7. The van der Waals surface area contributed by atoms with E-state index in [0.29, 0.717) is 5.69 Å². The molecule has 0 saturated heterocycles. The Kier molecular flexibility index (Phi) is 6.29. The number of amides is 2. The van der Waals surface area contributed by atoms with Crippen LogP contribution in [0.3, 0.4) is 0 Å². The Morgan fingerprint density at radius 3 is 2.19 bits per heavy atom. The minimum Gasteiger partial charge on any atom is -0.325 e. The van der Waals surface area contributed by atoms with E-state index in [1.54, 1.807) is 18.2 Å². The largest absolute Gasteiger partial charge is 0.325 e. The molecule has 6 heteroatoms. The van der Waals surface area contributed by atoms with Crippen molar-refractivity contribution in [1.82, 2.24) is 0 Å². The summed E-state index contributed by atoms with van der Waals surface area (Å²) in [7, 11) is 0. The highest BCUT2D eigenvalue weighted by Gasteiger charge is 2.11. The van der Waals surface area contributed by atoms with Gasteiger partial charge in [-0.25, -0.2) is 4.39 Å². The summed E-state index contributed by atoms with van der Waals surface area (Å²) in [6, 6.07) is 26.7. The first-order valence-electron chi connectivity index (χ1n) is 9.66. The van der Waals surface area contributed by atoms with Gasteiger partial charge in [0, 0.05) is 16.3 Å². The highest BCUT2D eigenvalue weighted by molar-refractivity contribution is 8.00.